The van der Waals surface area contributed by atoms with Crippen LogP contribution < -0.4 is 0 Å². The van der Waals surface area contributed by atoms with E-state index >= 15 is 0 Å². The summed E-state index contributed by atoms with van der Waals surface area (Å²) in [5.41, 5.74) is 3.38. The molecule has 4 nitrogen and oxygen atoms in total. The summed E-state index contributed by atoms with van der Waals surface area (Å²) in [6.07, 6.45) is 4.35. The molecule has 0 spiro atoms. The maximum Gasteiger partial charge on any atom is 0.141 e. The molecule has 2 heterocycles. The number of ketones is 1. The molecular formula is C18H15N3O. The van der Waals surface area contributed by atoms with Crippen LogP contribution in [0.2, 0.25) is 0 Å². The average Bonchev–Trinajstić information content (AvgIpc) is 2.85. The SMILES string of the molecule is Cn1cc(CC(=O)Cc2ccc(C#N)nc2)c2ccccc21. The molecule has 0 N–H and O–H groups in total. The number of fused-ring (bicyclic) bond motifs is 1. The van der Waals surface area contributed by atoms with Gasteiger partial charge in [0.15, 0.2) is 0 Å². The Morgan fingerprint density at radius 2 is 2.05 bits per heavy atom. The summed E-state index contributed by atoms with van der Waals surface area (Å²) in [6.45, 7) is 0. The molecule has 1 aromatic carbocycles. The molecule has 0 atom stereocenters. The van der Waals surface area contributed by atoms with Gasteiger partial charge in [-0.1, -0.05) is 24.3 Å². The number of rotatable bonds is 4. The van der Waals surface area contributed by atoms with Crippen LogP contribution in [0.15, 0.2) is 48.8 Å². The monoisotopic (exact) mass is 289 g/mol. The summed E-state index contributed by atoms with van der Waals surface area (Å²) < 4.78 is 2.04. The number of hydrogen-bond donors (Lipinski definition) is 0. The highest BCUT2D eigenvalue weighted by atomic mass is 16.1. The Bertz CT molecular complexity index is 869. The fraction of sp³-hybridized carbons (Fsp3) is 0.167. The largest absolute Gasteiger partial charge is 0.350 e. The van der Waals surface area contributed by atoms with Crippen LogP contribution in [-0.2, 0) is 24.7 Å². The molecule has 0 amide bonds. The lowest BCUT2D eigenvalue weighted by molar-refractivity contribution is -0.117. The van der Waals surface area contributed by atoms with Gasteiger partial charge in [-0.2, -0.15) is 5.26 Å². The van der Waals surface area contributed by atoms with Crippen molar-refractivity contribution in [2.75, 3.05) is 0 Å². The van der Waals surface area contributed by atoms with Crippen LogP contribution in [0.1, 0.15) is 16.8 Å². The third-order valence-electron chi connectivity index (χ3n) is 3.71. The Labute approximate surface area is 128 Å². The van der Waals surface area contributed by atoms with Crippen LogP contribution in [0, 0.1) is 11.3 Å². The number of nitrogens with zero attached hydrogens (tertiary/aromatic N) is 3. The second-order valence-electron chi connectivity index (χ2n) is 5.34. The van der Waals surface area contributed by atoms with Crippen molar-refractivity contribution in [3.05, 3.63) is 65.6 Å². The van der Waals surface area contributed by atoms with Gasteiger partial charge in [-0.3, -0.25) is 4.79 Å². The first-order chi connectivity index (χ1) is 10.7. The third-order valence-corrected chi connectivity index (χ3v) is 3.71. The Hall–Kier alpha value is -2.93. The molecule has 0 bridgehead atoms. The number of hydrogen-bond acceptors (Lipinski definition) is 3. The number of Topliss-reactive ketones (excluding diaryl/α,β-unsaturated/α-hetero) is 1. The molecule has 0 unspecified atom stereocenters. The van der Waals surface area contributed by atoms with Crippen LogP contribution in [-0.4, -0.2) is 15.3 Å². The van der Waals surface area contributed by atoms with E-state index in [9.17, 15) is 4.79 Å². The molecule has 0 aliphatic carbocycles. The number of aryl methyl sites for hydroxylation is 1. The molecule has 0 fully saturated rings. The van der Waals surface area contributed by atoms with E-state index in [4.69, 9.17) is 5.26 Å². The minimum absolute atomic E-state index is 0.142. The second-order valence-corrected chi connectivity index (χ2v) is 5.34. The first kappa shape index (κ1) is 14.0. The van der Waals surface area contributed by atoms with Crippen LogP contribution >= 0.6 is 0 Å². The van der Waals surface area contributed by atoms with Crippen LogP contribution in [0.5, 0.6) is 0 Å². The number of pyridine rings is 1. The van der Waals surface area contributed by atoms with Crippen molar-refractivity contribution in [1.29, 1.82) is 5.26 Å². The number of nitriles is 1. The fourth-order valence-corrected chi connectivity index (χ4v) is 2.66. The van der Waals surface area contributed by atoms with Crippen LogP contribution in [0.25, 0.3) is 10.9 Å². The van der Waals surface area contributed by atoms with Crippen molar-refractivity contribution in [1.82, 2.24) is 9.55 Å². The van der Waals surface area contributed by atoms with Crippen molar-refractivity contribution < 1.29 is 4.79 Å². The number of benzene rings is 1. The van der Waals surface area contributed by atoms with Gasteiger partial charge in [0.1, 0.15) is 17.5 Å². The zero-order chi connectivity index (χ0) is 15.5. The lowest BCUT2D eigenvalue weighted by Crippen LogP contribution is -2.06. The lowest BCUT2D eigenvalue weighted by Gasteiger charge is -2.01. The third kappa shape index (κ3) is 2.75. The molecule has 0 radical (unpaired) electrons. The maximum absolute atomic E-state index is 12.3. The number of carbonyl (C=O) groups is 1. The Morgan fingerprint density at radius 1 is 1.23 bits per heavy atom. The highest BCUT2D eigenvalue weighted by Crippen LogP contribution is 2.21. The van der Waals surface area contributed by atoms with E-state index in [-0.39, 0.29) is 5.78 Å². The quantitative estimate of drug-likeness (QED) is 0.742. The van der Waals surface area contributed by atoms with Crippen molar-refractivity contribution in [3.8, 4) is 6.07 Å². The molecule has 3 rings (SSSR count). The molecule has 22 heavy (non-hydrogen) atoms. The fourth-order valence-electron chi connectivity index (χ4n) is 2.66. The summed E-state index contributed by atoms with van der Waals surface area (Å²) in [7, 11) is 1.99. The minimum Gasteiger partial charge on any atom is -0.350 e. The highest BCUT2D eigenvalue weighted by Gasteiger charge is 2.11. The molecule has 0 aliphatic heterocycles. The zero-order valence-electron chi connectivity index (χ0n) is 12.3. The predicted molar refractivity (Wildman–Crippen MR) is 84.3 cm³/mol. The zero-order valence-corrected chi connectivity index (χ0v) is 12.3. The van der Waals surface area contributed by atoms with Crippen LogP contribution in [0.4, 0.5) is 0 Å². The smallest absolute Gasteiger partial charge is 0.141 e. The first-order valence-corrected chi connectivity index (χ1v) is 7.07. The summed E-state index contributed by atoms with van der Waals surface area (Å²) in [4.78, 5) is 16.3. The summed E-state index contributed by atoms with van der Waals surface area (Å²) in [5.74, 6) is 0.142. The Balaban J connectivity index is 1.77. The summed E-state index contributed by atoms with van der Waals surface area (Å²) >= 11 is 0. The van der Waals surface area contributed by atoms with Gasteiger partial charge in [-0.25, -0.2) is 4.98 Å². The van der Waals surface area contributed by atoms with Crippen molar-refractivity contribution in [2.24, 2.45) is 7.05 Å². The van der Waals surface area contributed by atoms with E-state index in [0.29, 0.717) is 18.5 Å². The molecule has 0 aliphatic rings. The Kier molecular flexibility index (Phi) is 3.71. The van der Waals surface area contributed by atoms with E-state index in [0.717, 1.165) is 22.0 Å². The van der Waals surface area contributed by atoms with Gasteiger partial charge in [0, 0.05) is 43.2 Å². The van der Waals surface area contributed by atoms with Gasteiger partial charge in [0.25, 0.3) is 0 Å². The second kappa shape index (κ2) is 5.82. The molecule has 0 saturated heterocycles. The lowest BCUT2D eigenvalue weighted by atomic mass is 10.0. The molecule has 4 heteroatoms. The molecular weight excluding hydrogens is 274 g/mol. The van der Waals surface area contributed by atoms with Gasteiger partial charge < -0.3 is 4.57 Å². The number of carbonyl (C=O) groups excluding carboxylic acids is 1. The van der Waals surface area contributed by atoms with E-state index < -0.39 is 0 Å². The average molecular weight is 289 g/mol. The van der Waals surface area contributed by atoms with Crippen molar-refractivity contribution in [3.63, 3.8) is 0 Å². The topological polar surface area (TPSA) is 58.7 Å². The van der Waals surface area contributed by atoms with E-state index in [1.807, 2.05) is 48.1 Å². The Morgan fingerprint density at radius 3 is 2.77 bits per heavy atom. The van der Waals surface area contributed by atoms with Gasteiger partial charge in [0.05, 0.1) is 0 Å². The van der Waals surface area contributed by atoms with Gasteiger partial charge in [-0.05, 0) is 23.3 Å². The number of para-hydroxylation sites is 1. The first-order valence-electron chi connectivity index (χ1n) is 7.07. The molecule has 0 saturated carbocycles. The summed E-state index contributed by atoms with van der Waals surface area (Å²) in [5, 5.41) is 9.85. The van der Waals surface area contributed by atoms with E-state index in [1.165, 1.54) is 0 Å². The van der Waals surface area contributed by atoms with Gasteiger partial charge in [0.2, 0.25) is 0 Å². The standard InChI is InChI=1S/C18H15N3O/c1-21-12-14(17-4-2-3-5-18(17)21)9-16(22)8-13-6-7-15(10-19)20-11-13/h2-7,11-12H,8-9H2,1H3. The van der Waals surface area contributed by atoms with Crippen molar-refractivity contribution in [2.45, 2.75) is 12.8 Å². The van der Waals surface area contributed by atoms with E-state index in [2.05, 4.69) is 4.98 Å². The predicted octanol–water partition coefficient (Wildman–Crippen LogP) is 2.80. The molecule has 108 valence electrons. The van der Waals surface area contributed by atoms with Crippen molar-refractivity contribution >= 4 is 16.7 Å². The van der Waals surface area contributed by atoms with Crippen LogP contribution in [0.3, 0.4) is 0 Å². The normalized spacial score (nSPS) is 10.5. The van der Waals surface area contributed by atoms with Gasteiger partial charge >= 0.3 is 0 Å². The summed E-state index contributed by atoms with van der Waals surface area (Å²) in [6, 6.07) is 13.5. The minimum atomic E-state index is 0.142. The number of aromatic nitrogens is 2. The highest BCUT2D eigenvalue weighted by molar-refractivity contribution is 5.90. The van der Waals surface area contributed by atoms with E-state index in [1.54, 1.807) is 18.3 Å². The van der Waals surface area contributed by atoms with Gasteiger partial charge in [-0.15, -0.1) is 0 Å². The molecule has 3 aromatic rings. The molecule has 2 aromatic heterocycles. The maximum atomic E-state index is 12.3.